The lowest BCUT2D eigenvalue weighted by atomic mass is 9.98. The highest BCUT2D eigenvalue weighted by Crippen LogP contribution is 2.30. The molecule has 0 N–H and O–H groups in total. The fourth-order valence-electron chi connectivity index (χ4n) is 4.39. The molecule has 4 aromatic rings. The van der Waals surface area contributed by atoms with Gasteiger partial charge in [-0.2, -0.15) is 0 Å². The second-order valence-electron chi connectivity index (χ2n) is 7.93. The molecule has 0 spiro atoms. The van der Waals surface area contributed by atoms with Crippen LogP contribution in [0.2, 0.25) is 0 Å². The molecule has 1 aliphatic rings. The van der Waals surface area contributed by atoms with Gasteiger partial charge < -0.3 is 14.0 Å². The molecule has 5 rings (SSSR count). The van der Waals surface area contributed by atoms with Gasteiger partial charge in [0.2, 0.25) is 0 Å². The zero-order chi connectivity index (χ0) is 22.1. The van der Waals surface area contributed by atoms with Gasteiger partial charge in [-0.3, -0.25) is 9.59 Å². The molecule has 32 heavy (non-hydrogen) atoms. The van der Waals surface area contributed by atoms with Crippen molar-refractivity contribution >= 4 is 17.2 Å². The summed E-state index contributed by atoms with van der Waals surface area (Å²) in [6.45, 7) is 3.54. The predicted octanol–water partition coefficient (Wildman–Crippen LogP) is 4.77. The van der Waals surface area contributed by atoms with Crippen LogP contribution in [0.25, 0.3) is 16.6 Å². The topological polar surface area (TPSA) is 51.0 Å². The number of aromatic nitrogens is 1. The molecule has 0 saturated carbocycles. The number of rotatable bonds is 5. The molecule has 5 nitrogen and oxygen atoms in total. The van der Waals surface area contributed by atoms with Crippen molar-refractivity contribution in [3.05, 3.63) is 95.8 Å². The normalized spacial score (nSPS) is 13.1. The first-order valence-electron chi connectivity index (χ1n) is 10.9. The fraction of sp³-hybridized carbons (Fsp3) is 0.185. The Morgan fingerprint density at radius 1 is 0.938 bits per heavy atom. The van der Waals surface area contributed by atoms with Gasteiger partial charge >= 0.3 is 0 Å². The van der Waals surface area contributed by atoms with Crippen molar-refractivity contribution in [2.24, 2.45) is 0 Å². The van der Waals surface area contributed by atoms with Gasteiger partial charge in [-0.25, -0.2) is 0 Å². The lowest BCUT2D eigenvalue weighted by Gasteiger charge is -2.28. The molecular weight excluding hydrogens is 400 g/mol. The maximum atomic E-state index is 13.6. The first-order valence-corrected chi connectivity index (χ1v) is 10.9. The highest BCUT2D eigenvalue weighted by molar-refractivity contribution is 6.43. The van der Waals surface area contributed by atoms with E-state index in [2.05, 4.69) is 6.07 Å². The summed E-state index contributed by atoms with van der Waals surface area (Å²) in [7, 11) is 0. The number of amides is 1. The van der Waals surface area contributed by atoms with Crippen molar-refractivity contribution in [1.29, 1.82) is 0 Å². The van der Waals surface area contributed by atoms with Crippen LogP contribution >= 0.6 is 0 Å². The first kappa shape index (κ1) is 20.1. The Hall–Kier alpha value is -3.86. The monoisotopic (exact) mass is 424 g/mol. The molecule has 0 bridgehead atoms. The Labute approximate surface area is 186 Å². The molecule has 0 atom stereocenters. The van der Waals surface area contributed by atoms with Crippen molar-refractivity contribution in [2.75, 3.05) is 13.2 Å². The molecule has 0 radical (unpaired) electrons. The summed E-state index contributed by atoms with van der Waals surface area (Å²) in [5.41, 5.74) is 5.23. The molecule has 160 valence electrons. The third-order valence-electron chi connectivity index (χ3n) is 5.98. The highest BCUT2D eigenvalue weighted by Gasteiger charge is 2.30. The zero-order valence-corrected chi connectivity index (χ0v) is 18.0. The van der Waals surface area contributed by atoms with Crippen LogP contribution in [0.3, 0.4) is 0 Å². The van der Waals surface area contributed by atoms with Gasteiger partial charge in [-0.05, 0) is 60.4 Å². The van der Waals surface area contributed by atoms with Crippen molar-refractivity contribution in [3.63, 3.8) is 0 Å². The quantitative estimate of drug-likeness (QED) is 0.342. The van der Waals surface area contributed by atoms with E-state index in [1.807, 2.05) is 84.3 Å². The zero-order valence-electron chi connectivity index (χ0n) is 18.0. The van der Waals surface area contributed by atoms with Gasteiger partial charge in [0.1, 0.15) is 11.4 Å². The fourth-order valence-corrected chi connectivity index (χ4v) is 4.39. The van der Waals surface area contributed by atoms with E-state index >= 15 is 0 Å². The number of benzene rings is 2. The number of hydrogen-bond acceptors (Lipinski definition) is 3. The number of carbonyl (C=O) groups is 2. The molecule has 2 aromatic heterocycles. The minimum Gasteiger partial charge on any atom is -0.494 e. The second kappa shape index (κ2) is 8.35. The van der Waals surface area contributed by atoms with Gasteiger partial charge in [-0.1, -0.05) is 42.5 Å². The summed E-state index contributed by atoms with van der Waals surface area (Å²) in [5.74, 6) is -0.175. The highest BCUT2D eigenvalue weighted by atomic mass is 16.5. The maximum Gasteiger partial charge on any atom is 0.296 e. The SMILES string of the molecule is CCOc1ccc(-c2cc3ccccn3c2C(=O)C(=O)N2CCc3ccccc3C2)cc1. The second-order valence-corrected chi connectivity index (χ2v) is 7.93. The van der Waals surface area contributed by atoms with E-state index in [1.54, 1.807) is 4.90 Å². The molecule has 2 aromatic carbocycles. The average Bonchev–Trinajstić information content (AvgIpc) is 3.23. The van der Waals surface area contributed by atoms with Crippen LogP contribution in [0.15, 0.2) is 79.0 Å². The number of hydrogen-bond donors (Lipinski definition) is 0. The smallest absolute Gasteiger partial charge is 0.296 e. The number of carbonyl (C=O) groups excluding carboxylic acids is 2. The van der Waals surface area contributed by atoms with Gasteiger partial charge in [0.25, 0.3) is 11.7 Å². The minimum atomic E-state index is -0.487. The van der Waals surface area contributed by atoms with Gasteiger partial charge in [-0.15, -0.1) is 0 Å². The number of nitrogens with zero attached hydrogens (tertiary/aromatic N) is 2. The van der Waals surface area contributed by atoms with E-state index in [4.69, 9.17) is 4.74 Å². The number of pyridine rings is 1. The van der Waals surface area contributed by atoms with E-state index < -0.39 is 11.7 Å². The van der Waals surface area contributed by atoms with Crippen molar-refractivity contribution in [3.8, 4) is 16.9 Å². The summed E-state index contributed by atoms with van der Waals surface area (Å²) in [6, 6.07) is 23.4. The Kier molecular flexibility index (Phi) is 5.23. The predicted molar refractivity (Wildman–Crippen MR) is 124 cm³/mol. The van der Waals surface area contributed by atoms with Crippen LogP contribution in [-0.4, -0.2) is 34.1 Å². The number of fused-ring (bicyclic) bond motifs is 2. The molecule has 0 fully saturated rings. The summed E-state index contributed by atoms with van der Waals surface area (Å²) in [5, 5.41) is 0. The van der Waals surface area contributed by atoms with Crippen LogP contribution in [0.5, 0.6) is 5.75 Å². The lowest BCUT2D eigenvalue weighted by Crippen LogP contribution is -2.40. The van der Waals surface area contributed by atoms with Gasteiger partial charge in [0, 0.05) is 30.4 Å². The van der Waals surface area contributed by atoms with Gasteiger partial charge in [0.15, 0.2) is 0 Å². The minimum absolute atomic E-state index is 0.397. The molecular formula is C27H24N2O3. The molecule has 3 heterocycles. The van der Waals surface area contributed by atoms with Crippen LogP contribution < -0.4 is 4.74 Å². The number of Topliss-reactive ketones (excluding diaryl/α,β-unsaturated/α-hetero) is 1. The number of ether oxygens (including phenoxy) is 1. The largest absolute Gasteiger partial charge is 0.494 e. The summed E-state index contributed by atoms with van der Waals surface area (Å²) < 4.78 is 7.36. The van der Waals surface area contributed by atoms with E-state index in [9.17, 15) is 9.59 Å². The molecule has 5 heteroatoms. The average molecular weight is 425 g/mol. The molecule has 0 unspecified atom stereocenters. The molecule has 0 aliphatic carbocycles. The van der Waals surface area contributed by atoms with Crippen molar-refractivity contribution in [1.82, 2.24) is 9.30 Å². The Morgan fingerprint density at radius 2 is 1.69 bits per heavy atom. The van der Waals surface area contributed by atoms with E-state index in [0.717, 1.165) is 34.4 Å². The summed E-state index contributed by atoms with van der Waals surface area (Å²) in [4.78, 5) is 28.5. The van der Waals surface area contributed by atoms with Crippen molar-refractivity contribution < 1.29 is 14.3 Å². The van der Waals surface area contributed by atoms with E-state index in [1.165, 1.54) is 5.56 Å². The van der Waals surface area contributed by atoms with Crippen molar-refractivity contribution in [2.45, 2.75) is 19.9 Å². The first-order chi connectivity index (χ1) is 15.7. The van der Waals surface area contributed by atoms with Crippen LogP contribution in [0.1, 0.15) is 28.5 Å². The third-order valence-corrected chi connectivity index (χ3v) is 5.98. The third kappa shape index (κ3) is 3.56. The standard InChI is InChI=1S/C27H24N2O3/c1-2-32-23-12-10-20(11-13-23)24-17-22-9-5-6-15-29(22)25(24)26(30)27(31)28-16-14-19-7-3-4-8-21(19)18-28/h3-13,15,17H,2,14,16,18H2,1H3. The van der Waals surface area contributed by atoms with E-state index in [-0.39, 0.29) is 0 Å². The van der Waals surface area contributed by atoms with Crippen LogP contribution in [0, 0.1) is 0 Å². The molecule has 1 amide bonds. The number of ketones is 1. The Bertz CT molecular complexity index is 1300. The molecule has 1 aliphatic heterocycles. The summed E-state index contributed by atoms with van der Waals surface area (Å²) in [6.07, 6.45) is 2.59. The Morgan fingerprint density at radius 3 is 2.47 bits per heavy atom. The van der Waals surface area contributed by atoms with E-state index in [0.29, 0.717) is 25.4 Å². The lowest BCUT2D eigenvalue weighted by molar-refractivity contribution is -0.127. The molecule has 0 saturated heterocycles. The van der Waals surface area contributed by atoms with Crippen LogP contribution in [-0.2, 0) is 17.8 Å². The maximum absolute atomic E-state index is 13.6. The van der Waals surface area contributed by atoms with Crippen LogP contribution in [0.4, 0.5) is 0 Å². The Balaban J connectivity index is 1.52. The summed E-state index contributed by atoms with van der Waals surface area (Å²) >= 11 is 0. The van der Waals surface area contributed by atoms with Gasteiger partial charge in [0.05, 0.1) is 6.61 Å².